The summed E-state index contributed by atoms with van der Waals surface area (Å²) in [6, 6.07) is 15.4. The first-order valence-electron chi connectivity index (χ1n) is 9.42. The molecule has 2 amide bonds. The summed E-state index contributed by atoms with van der Waals surface area (Å²) in [5.41, 5.74) is 4.72. The third-order valence-electron chi connectivity index (χ3n) is 5.28. The summed E-state index contributed by atoms with van der Waals surface area (Å²) in [5, 5.41) is 6.70. The van der Waals surface area contributed by atoms with Crippen LogP contribution in [0.3, 0.4) is 0 Å². The monoisotopic (exact) mass is 406 g/mol. The zero-order chi connectivity index (χ0) is 20.5. The van der Waals surface area contributed by atoms with Crippen LogP contribution < -0.4 is 15.4 Å². The molecule has 148 valence electrons. The predicted molar refractivity (Wildman–Crippen MR) is 116 cm³/mol. The zero-order valence-electron chi connectivity index (χ0n) is 16.5. The van der Waals surface area contributed by atoms with Gasteiger partial charge >= 0.3 is 0 Å². The van der Waals surface area contributed by atoms with Crippen molar-refractivity contribution in [2.75, 3.05) is 17.7 Å². The van der Waals surface area contributed by atoms with Gasteiger partial charge in [-0.2, -0.15) is 0 Å². The quantitative estimate of drug-likeness (QED) is 0.633. The lowest BCUT2D eigenvalue weighted by Crippen LogP contribution is -2.22. The van der Waals surface area contributed by atoms with Gasteiger partial charge in [0.1, 0.15) is 5.75 Å². The largest absolute Gasteiger partial charge is 0.497 e. The van der Waals surface area contributed by atoms with Gasteiger partial charge in [-0.1, -0.05) is 30.3 Å². The fraction of sp³-hybridized carbons (Fsp3) is 0.217. The van der Waals surface area contributed by atoms with Gasteiger partial charge < -0.3 is 15.4 Å². The van der Waals surface area contributed by atoms with E-state index in [0.29, 0.717) is 11.3 Å². The maximum absolute atomic E-state index is 13.0. The van der Waals surface area contributed by atoms with Crippen LogP contribution in [-0.4, -0.2) is 18.9 Å². The number of para-hydroxylation sites is 1. The smallest absolute Gasteiger partial charge is 0.266 e. The minimum absolute atomic E-state index is 0.0440. The highest BCUT2D eigenvalue weighted by molar-refractivity contribution is 7.18. The molecule has 0 bridgehead atoms. The van der Waals surface area contributed by atoms with E-state index in [-0.39, 0.29) is 17.7 Å². The van der Waals surface area contributed by atoms with Crippen molar-refractivity contribution in [1.29, 1.82) is 0 Å². The first-order valence-corrected chi connectivity index (χ1v) is 10.2. The number of ether oxygens (including phenoxy) is 1. The highest BCUT2D eigenvalue weighted by Gasteiger charge is 2.33. The second kappa shape index (κ2) is 7.72. The van der Waals surface area contributed by atoms with Crippen molar-refractivity contribution in [1.82, 2.24) is 0 Å². The van der Waals surface area contributed by atoms with Crippen molar-refractivity contribution in [3.8, 4) is 5.75 Å². The van der Waals surface area contributed by atoms with E-state index in [0.717, 1.165) is 38.7 Å². The van der Waals surface area contributed by atoms with Gasteiger partial charge in [-0.05, 0) is 54.3 Å². The minimum atomic E-state index is -0.158. The molecule has 0 fully saturated rings. The summed E-state index contributed by atoms with van der Waals surface area (Å²) in [5.74, 6) is 0.442. The van der Waals surface area contributed by atoms with Crippen LogP contribution in [0.5, 0.6) is 5.75 Å². The van der Waals surface area contributed by atoms with Crippen molar-refractivity contribution < 1.29 is 14.3 Å². The van der Waals surface area contributed by atoms with E-state index in [9.17, 15) is 9.59 Å². The Morgan fingerprint density at radius 3 is 2.72 bits per heavy atom. The normalized spacial score (nSPS) is 15.4. The molecule has 2 heterocycles. The highest BCUT2D eigenvalue weighted by Crippen LogP contribution is 2.45. The summed E-state index contributed by atoms with van der Waals surface area (Å²) in [4.78, 5) is 26.0. The Balaban J connectivity index is 1.72. The third kappa shape index (κ3) is 3.63. The lowest BCUT2D eigenvalue weighted by molar-refractivity contribution is -0.116. The molecule has 0 saturated carbocycles. The number of carbonyl (C=O) groups is 2. The van der Waals surface area contributed by atoms with Crippen molar-refractivity contribution in [3.63, 3.8) is 0 Å². The number of carbonyl (C=O) groups excluding carboxylic acids is 2. The summed E-state index contributed by atoms with van der Waals surface area (Å²) in [6.07, 6.45) is 0.344. The molecule has 1 aliphatic heterocycles. The summed E-state index contributed by atoms with van der Waals surface area (Å²) in [7, 11) is 1.63. The Morgan fingerprint density at radius 2 is 1.97 bits per heavy atom. The Labute approximate surface area is 173 Å². The van der Waals surface area contributed by atoms with Crippen molar-refractivity contribution >= 4 is 33.8 Å². The molecule has 1 atom stereocenters. The number of thiophene rings is 1. The van der Waals surface area contributed by atoms with Gasteiger partial charge in [0, 0.05) is 18.0 Å². The van der Waals surface area contributed by atoms with Crippen molar-refractivity contribution in [2.45, 2.75) is 26.2 Å². The van der Waals surface area contributed by atoms with Crippen LogP contribution in [-0.2, 0) is 4.79 Å². The van der Waals surface area contributed by atoms with E-state index < -0.39 is 0 Å². The maximum Gasteiger partial charge on any atom is 0.266 e. The van der Waals surface area contributed by atoms with Crippen LogP contribution in [0.15, 0.2) is 48.5 Å². The molecule has 6 heteroatoms. The van der Waals surface area contributed by atoms with Gasteiger partial charge in [0.2, 0.25) is 5.91 Å². The molecular formula is C23H22N2O3S. The van der Waals surface area contributed by atoms with E-state index in [4.69, 9.17) is 4.74 Å². The molecule has 2 aromatic carbocycles. The number of hydrogen-bond acceptors (Lipinski definition) is 4. The topological polar surface area (TPSA) is 67.4 Å². The standard InChI is InChI=1S/C23H22N2O3S/c1-13-7-4-5-10-18(13)24-22(27)21-14(2)20-17(12-19(26)25-23(20)29-21)15-8-6-9-16(11-15)28-3/h4-11,17H,12H2,1-3H3,(H,24,27)(H,25,26)/t17-/m0/s1. The average Bonchev–Trinajstić information content (AvgIpc) is 3.05. The van der Waals surface area contributed by atoms with Crippen LogP contribution in [0.25, 0.3) is 0 Å². The summed E-state index contributed by atoms with van der Waals surface area (Å²) < 4.78 is 5.35. The second-order valence-corrected chi connectivity index (χ2v) is 8.17. The van der Waals surface area contributed by atoms with Crippen LogP contribution in [0, 0.1) is 13.8 Å². The molecule has 3 aromatic rings. The highest BCUT2D eigenvalue weighted by atomic mass is 32.1. The van der Waals surface area contributed by atoms with E-state index in [1.54, 1.807) is 7.11 Å². The molecule has 0 unspecified atom stereocenters. The summed E-state index contributed by atoms with van der Waals surface area (Å²) >= 11 is 1.33. The van der Waals surface area contributed by atoms with Gasteiger partial charge in [0.05, 0.1) is 17.0 Å². The Morgan fingerprint density at radius 1 is 1.17 bits per heavy atom. The number of amides is 2. The number of methoxy groups -OCH3 is 1. The summed E-state index contributed by atoms with van der Waals surface area (Å²) in [6.45, 7) is 3.91. The molecule has 4 rings (SSSR count). The van der Waals surface area contributed by atoms with E-state index in [1.807, 2.05) is 62.4 Å². The van der Waals surface area contributed by atoms with Gasteiger partial charge in [-0.15, -0.1) is 11.3 Å². The third-order valence-corrected chi connectivity index (χ3v) is 6.50. The Hall–Kier alpha value is -3.12. The molecular weight excluding hydrogens is 384 g/mol. The minimum Gasteiger partial charge on any atom is -0.497 e. The molecule has 1 aromatic heterocycles. The first-order chi connectivity index (χ1) is 14.0. The molecule has 0 saturated heterocycles. The zero-order valence-corrected chi connectivity index (χ0v) is 17.4. The number of anilines is 2. The fourth-order valence-corrected chi connectivity index (χ4v) is 4.94. The van der Waals surface area contributed by atoms with E-state index >= 15 is 0 Å². The second-order valence-electron chi connectivity index (χ2n) is 7.15. The number of nitrogens with one attached hydrogen (secondary N) is 2. The number of benzene rings is 2. The van der Waals surface area contributed by atoms with Gasteiger partial charge in [0.25, 0.3) is 5.91 Å². The van der Waals surface area contributed by atoms with Gasteiger partial charge in [-0.3, -0.25) is 9.59 Å². The number of rotatable bonds is 4. The molecule has 5 nitrogen and oxygen atoms in total. The lowest BCUT2D eigenvalue weighted by Gasteiger charge is -2.24. The van der Waals surface area contributed by atoms with Crippen molar-refractivity contribution in [3.05, 3.63) is 75.7 Å². The number of fused-ring (bicyclic) bond motifs is 1. The van der Waals surface area contributed by atoms with Crippen LogP contribution in [0.2, 0.25) is 0 Å². The van der Waals surface area contributed by atoms with Gasteiger partial charge in [0.15, 0.2) is 0 Å². The van der Waals surface area contributed by atoms with Crippen LogP contribution >= 0.6 is 11.3 Å². The molecule has 0 radical (unpaired) electrons. The fourth-order valence-electron chi connectivity index (χ4n) is 3.76. The molecule has 2 N–H and O–H groups in total. The first kappa shape index (κ1) is 19.2. The SMILES string of the molecule is COc1cccc([C@@H]2CC(=O)Nc3sc(C(=O)Nc4ccccc4C)c(C)c32)c1. The Bertz CT molecular complexity index is 1100. The Kier molecular flexibility index (Phi) is 5.11. The molecule has 29 heavy (non-hydrogen) atoms. The van der Waals surface area contributed by atoms with Gasteiger partial charge in [-0.25, -0.2) is 0 Å². The molecule has 1 aliphatic rings. The molecule has 0 spiro atoms. The lowest BCUT2D eigenvalue weighted by atomic mass is 9.85. The average molecular weight is 407 g/mol. The predicted octanol–water partition coefficient (Wildman–Crippen LogP) is 5.10. The number of aryl methyl sites for hydroxylation is 1. The number of hydrogen-bond donors (Lipinski definition) is 2. The van der Waals surface area contributed by atoms with Crippen LogP contribution in [0.1, 0.15) is 44.3 Å². The van der Waals surface area contributed by atoms with E-state index in [1.165, 1.54) is 11.3 Å². The molecule has 0 aliphatic carbocycles. The van der Waals surface area contributed by atoms with Crippen LogP contribution in [0.4, 0.5) is 10.7 Å². The van der Waals surface area contributed by atoms with E-state index in [2.05, 4.69) is 10.6 Å². The van der Waals surface area contributed by atoms with Crippen molar-refractivity contribution in [2.24, 2.45) is 0 Å². The maximum atomic E-state index is 13.0.